The van der Waals surface area contributed by atoms with Gasteiger partial charge >= 0.3 is 6.92 Å². The van der Waals surface area contributed by atoms with Crippen LogP contribution in [0.3, 0.4) is 0 Å². The molecular weight excluding hydrogens is 529 g/mol. The quantitative estimate of drug-likeness (QED) is 0.202. The molecule has 2 aliphatic rings. The van der Waals surface area contributed by atoms with E-state index in [0.29, 0.717) is 0 Å². The minimum absolute atomic E-state index is 0.199. The topological polar surface area (TPSA) is 12.5 Å². The van der Waals surface area contributed by atoms with Gasteiger partial charge < -0.3 is 9.55 Å². The molecule has 6 aromatic carbocycles. The Morgan fingerprint density at radius 3 is 2.02 bits per heavy atom. The monoisotopic (exact) mass is 553 g/mol. The molecule has 0 saturated carbocycles. The predicted molar refractivity (Wildman–Crippen MR) is 178 cm³/mol. The van der Waals surface area contributed by atoms with Gasteiger partial charge in [0.25, 0.3) is 0 Å². The first-order valence-corrected chi connectivity index (χ1v) is 15.2. The number of anilines is 3. The van der Waals surface area contributed by atoms with Crippen molar-refractivity contribution in [3.63, 3.8) is 0 Å². The number of benzene rings is 6. The average Bonchev–Trinajstić information content (AvgIpc) is 3.54. The second kappa shape index (κ2) is 9.23. The third-order valence-electron chi connectivity index (χ3n) is 8.56. The Morgan fingerprint density at radius 2 is 1.24 bits per heavy atom. The molecule has 2 nitrogen and oxygen atoms in total. The molecule has 0 radical (unpaired) electrons. The van der Waals surface area contributed by atoms with Gasteiger partial charge in [0, 0.05) is 38.4 Å². The van der Waals surface area contributed by atoms with E-state index in [2.05, 4.69) is 150 Å². The Bertz CT molecular complexity index is 2120. The van der Waals surface area contributed by atoms with Crippen molar-refractivity contribution in [1.29, 1.82) is 0 Å². The normalized spacial score (nSPS) is 12.9. The minimum atomic E-state index is -0.199. The first-order valence-electron chi connectivity index (χ1n) is 14.3. The molecule has 0 atom stereocenters. The molecule has 2 aliphatic heterocycles. The van der Waals surface area contributed by atoms with Gasteiger partial charge in [0.2, 0.25) is 0 Å². The van der Waals surface area contributed by atoms with Crippen molar-refractivity contribution in [3.05, 3.63) is 145 Å². The summed E-state index contributed by atoms with van der Waals surface area (Å²) in [4.78, 5) is 2.43. The number of para-hydroxylation sites is 1. The summed E-state index contributed by atoms with van der Waals surface area (Å²) in [6.45, 7) is -0.199. The lowest BCUT2D eigenvalue weighted by atomic mass is 9.49. The van der Waals surface area contributed by atoms with Crippen LogP contribution in [0.4, 0.5) is 17.1 Å². The molecule has 3 heterocycles. The van der Waals surface area contributed by atoms with Crippen LogP contribution < -0.4 is 20.5 Å². The summed E-state index contributed by atoms with van der Waals surface area (Å²) >= 11 is 1.81. The highest BCUT2D eigenvalue weighted by molar-refractivity contribution is 7.18. The summed E-state index contributed by atoms with van der Waals surface area (Å²) in [6, 6.07) is 50.1. The maximum Gasteiger partial charge on any atom is 0.431 e. The molecule has 196 valence electrons. The number of rotatable bonds is 3. The largest absolute Gasteiger partial charge is 0.551 e. The van der Waals surface area contributed by atoms with Gasteiger partial charge in [-0.3, -0.25) is 0 Å². The molecule has 0 saturated heterocycles. The lowest BCUT2D eigenvalue weighted by Crippen LogP contribution is -2.56. The Labute approximate surface area is 249 Å². The van der Waals surface area contributed by atoms with Crippen molar-refractivity contribution in [2.24, 2.45) is 0 Å². The lowest BCUT2D eigenvalue weighted by molar-refractivity contribution is 0.590. The molecule has 0 N–H and O–H groups in total. The number of hydrogen-bond donors (Lipinski definition) is 0. The zero-order valence-corrected chi connectivity index (χ0v) is 23.5. The van der Waals surface area contributed by atoms with Crippen LogP contribution in [0.15, 0.2) is 145 Å². The van der Waals surface area contributed by atoms with Crippen LogP contribution >= 0.6 is 11.3 Å². The van der Waals surface area contributed by atoms with Crippen LogP contribution in [0, 0.1) is 0 Å². The van der Waals surface area contributed by atoms with Gasteiger partial charge in [0.15, 0.2) is 0 Å². The molecule has 0 aliphatic carbocycles. The zero-order chi connectivity index (χ0) is 27.6. The standard InChI is InChI=1S/C38H24BNOS/c1-3-9-25(10-4-1)27-15-18-30(19-16-27)40-33-20-17-28(26-11-5-2-6-12-26)23-32(33)39-37-34(40)24-29-21-22-42-38(29)36(37)31-13-7-8-14-35(31)41-39/h1-24H. The molecule has 0 bridgehead atoms. The number of hydrogen-bond acceptors (Lipinski definition) is 3. The van der Waals surface area contributed by atoms with Crippen LogP contribution in [0.2, 0.25) is 0 Å². The Balaban J connectivity index is 1.32. The van der Waals surface area contributed by atoms with E-state index in [4.69, 9.17) is 4.65 Å². The van der Waals surface area contributed by atoms with Crippen molar-refractivity contribution in [2.45, 2.75) is 0 Å². The van der Waals surface area contributed by atoms with E-state index in [1.807, 2.05) is 11.3 Å². The van der Waals surface area contributed by atoms with E-state index in [1.54, 1.807) is 0 Å². The van der Waals surface area contributed by atoms with E-state index in [1.165, 1.54) is 60.1 Å². The molecule has 1 aromatic heterocycles. The van der Waals surface area contributed by atoms with E-state index < -0.39 is 0 Å². The molecule has 42 heavy (non-hydrogen) atoms. The van der Waals surface area contributed by atoms with Gasteiger partial charge in [-0.1, -0.05) is 103 Å². The Morgan fingerprint density at radius 1 is 0.571 bits per heavy atom. The van der Waals surface area contributed by atoms with Crippen molar-refractivity contribution in [2.75, 3.05) is 4.90 Å². The summed E-state index contributed by atoms with van der Waals surface area (Å²) in [5.41, 5.74) is 13.2. The summed E-state index contributed by atoms with van der Waals surface area (Å²) < 4.78 is 8.24. The molecule has 0 unspecified atom stereocenters. The molecule has 7 aromatic rings. The third kappa shape index (κ3) is 3.52. The van der Waals surface area contributed by atoms with Crippen LogP contribution in [0.25, 0.3) is 43.5 Å². The van der Waals surface area contributed by atoms with Crippen molar-refractivity contribution in [1.82, 2.24) is 0 Å². The van der Waals surface area contributed by atoms with Gasteiger partial charge in [0.1, 0.15) is 5.75 Å². The van der Waals surface area contributed by atoms with Crippen LogP contribution in [0.1, 0.15) is 0 Å². The molecule has 4 heteroatoms. The second-order valence-electron chi connectivity index (χ2n) is 10.9. The minimum Gasteiger partial charge on any atom is -0.551 e. The van der Waals surface area contributed by atoms with Gasteiger partial charge in [-0.25, -0.2) is 0 Å². The SMILES string of the molecule is c1ccc(-c2ccc(N3c4ccc(-c5ccccc5)cc4B4Oc5ccccc5-c5c4c3cc3ccsc53)cc2)cc1. The van der Waals surface area contributed by atoms with Gasteiger partial charge in [0.05, 0.1) is 0 Å². The van der Waals surface area contributed by atoms with Crippen molar-refractivity contribution in [3.8, 4) is 39.1 Å². The highest BCUT2D eigenvalue weighted by Crippen LogP contribution is 2.47. The zero-order valence-electron chi connectivity index (χ0n) is 22.7. The number of thiophene rings is 1. The predicted octanol–water partition coefficient (Wildman–Crippen LogP) is 9.18. The Kier molecular flexibility index (Phi) is 5.20. The fourth-order valence-electron chi connectivity index (χ4n) is 6.63. The summed E-state index contributed by atoms with van der Waals surface area (Å²) in [6.07, 6.45) is 0. The molecule has 0 fully saturated rings. The molecule has 0 amide bonds. The maximum absolute atomic E-state index is 6.92. The maximum atomic E-state index is 6.92. The fraction of sp³-hybridized carbons (Fsp3) is 0. The van der Waals surface area contributed by atoms with E-state index in [9.17, 15) is 0 Å². The van der Waals surface area contributed by atoms with Crippen LogP contribution in [0.5, 0.6) is 5.75 Å². The smallest absolute Gasteiger partial charge is 0.431 e. The first-order chi connectivity index (χ1) is 20.8. The van der Waals surface area contributed by atoms with Crippen LogP contribution in [-0.2, 0) is 0 Å². The Hall–Kier alpha value is -5.06. The number of fused-ring (bicyclic) bond motifs is 6. The van der Waals surface area contributed by atoms with E-state index in [0.717, 1.165) is 17.1 Å². The lowest BCUT2D eigenvalue weighted by Gasteiger charge is -2.40. The van der Waals surface area contributed by atoms with E-state index in [-0.39, 0.29) is 6.92 Å². The van der Waals surface area contributed by atoms with Gasteiger partial charge in [-0.2, -0.15) is 0 Å². The molecule has 0 spiro atoms. The van der Waals surface area contributed by atoms with Gasteiger partial charge in [-0.05, 0) is 74.9 Å². The van der Waals surface area contributed by atoms with Crippen LogP contribution in [-0.4, -0.2) is 6.92 Å². The highest BCUT2D eigenvalue weighted by Gasteiger charge is 2.43. The fourth-order valence-corrected chi connectivity index (χ4v) is 7.58. The summed E-state index contributed by atoms with van der Waals surface area (Å²) in [5, 5.41) is 3.47. The highest BCUT2D eigenvalue weighted by atomic mass is 32.1. The molecular formula is C38H24BNOS. The molecule has 9 rings (SSSR count). The van der Waals surface area contributed by atoms with E-state index >= 15 is 0 Å². The first kappa shape index (κ1) is 23.6. The van der Waals surface area contributed by atoms with Crippen molar-refractivity contribution < 1.29 is 4.65 Å². The van der Waals surface area contributed by atoms with Crippen molar-refractivity contribution >= 4 is 56.3 Å². The number of nitrogens with zero attached hydrogens (tertiary/aromatic N) is 1. The summed E-state index contributed by atoms with van der Waals surface area (Å²) in [5.74, 6) is 0.943. The second-order valence-corrected chi connectivity index (χ2v) is 11.8. The van der Waals surface area contributed by atoms with Gasteiger partial charge in [-0.15, -0.1) is 11.3 Å². The average molecular weight is 553 g/mol. The summed E-state index contributed by atoms with van der Waals surface area (Å²) in [7, 11) is 0. The third-order valence-corrected chi connectivity index (χ3v) is 9.50.